The number of aliphatic hydroxyl groups is 1. The van der Waals surface area contributed by atoms with Crippen LogP contribution in [0.2, 0.25) is 0 Å². The maximum Gasteiger partial charge on any atom is 0.119 e. The van der Waals surface area contributed by atoms with Crippen molar-refractivity contribution in [2.24, 2.45) is 11.8 Å². The third-order valence-corrected chi connectivity index (χ3v) is 4.00. The minimum atomic E-state index is -0.209. The molecule has 0 aliphatic heterocycles. The standard InChI is InChI=1S/C15H22O2/c1-11-5-3-8-14(11)15(16)10-12-6-4-7-13(9-12)17-2/h4,6-7,9,11,14-16H,3,5,8,10H2,1-2H3. The van der Waals surface area contributed by atoms with Crippen LogP contribution < -0.4 is 4.74 Å². The van der Waals surface area contributed by atoms with Crippen LogP contribution >= 0.6 is 0 Å². The molecule has 1 N–H and O–H groups in total. The molecule has 3 atom stereocenters. The average Bonchev–Trinajstić information content (AvgIpc) is 2.76. The Hall–Kier alpha value is -1.02. The van der Waals surface area contributed by atoms with Gasteiger partial charge in [-0.1, -0.05) is 31.9 Å². The van der Waals surface area contributed by atoms with E-state index in [1.807, 2.05) is 18.2 Å². The zero-order valence-electron chi connectivity index (χ0n) is 10.7. The molecule has 3 unspecified atom stereocenters. The van der Waals surface area contributed by atoms with E-state index in [0.717, 1.165) is 17.7 Å². The molecule has 94 valence electrons. The third kappa shape index (κ3) is 3.01. The van der Waals surface area contributed by atoms with Crippen LogP contribution in [-0.2, 0) is 6.42 Å². The molecule has 0 spiro atoms. The summed E-state index contributed by atoms with van der Waals surface area (Å²) in [7, 11) is 1.68. The summed E-state index contributed by atoms with van der Waals surface area (Å²) < 4.78 is 5.20. The van der Waals surface area contributed by atoms with Crippen LogP contribution in [0, 0.1) is 11.8 Å². The summed E-state index contributed by atoms with van der Waals surface area (Å²) in [5.41, 5.74) is 1.16. The summed E-state index contributed by atoms with van der Waals surface area (Å²) in [6.45, 7) is 2.26. The molecule has 1 aromatic rings. The Morgan fingerprint density at radius 2 is 2.24 bits per heavy atom. The quantitative estimate of drug-likeness (QED) is 0.867. The highest BCUT2D eigenvalue weighted by molar-refractivity contribution is 5.28. The summed E-state index contributed by atoms with van der Waals surface area (Å²) in [4.78, 5) is 0. The van der Waals surface area contributed by atoms with E-state index in [2.05, 4.69) is 13.0 Å². The first-order valence-electron chi connectivity index (χ1n) is 6.51. The second kappa shape index (κ2) is 5.54. The minimum Gasteiger partial charge on any atom is -0.497 e. The lowest BCUT2D eigenvalue weighted by atomic mass is 9.88. The van der Waals surface area contributed by atoms with E-state index < -0.39 is 0 Å². The Kier molecular flexibility index (Phi) is 4.06. The molecule has 2 heteroatoms. The van der Waals surface area contributed by atoms with Crippen molar-refractivity contribution in [2.45, 2.75) is 38.7 Å². The van der Waals surface area contributed by atoms with Gasteiger partial charge in [0, 0.05) is 0 Å². The van der Waals surface area contributed by atoms with Crippen LogP contribution in [0.5, 0.6) is 5.75 Å². The fraction of sp³-hybridized carbons (Fsp3) is 0.600. The predicted molar refractivity (Wildman–Crippen MR) is 69.2 cm³/mol. The fourth-order valence-electron chi connectivity index (χ4n) is 2.94. The number of ether oxygens (including phenoxy) is 1. The third-order valence-electron chi connectivity index (χ3n) is 4.00. The van der Waals surface area contributed by atoms with Gasteiger partial charge in [-0.2, -0.15) is 0 Å². The van der Waals surface area contributed by atoms with Gasteiger partial charge in [0.25, 0.3) is 0 Å². The lowest BCUT2D eigenvalue weighted by molar-refractivity contribution is 0.0901. The second-order valence-electron chi connectivity index (χ2n) is 5.20. The summed E-state index contributed by atoms with van der Waals surface area (Å²) in [6.07, 6.45) is 4.24. The summed E-state index contributed by atoms with van der Waals surface area (Å²) >= 11 is 0. The van der Waals surface area contributed by atoms with E-state index in [1.165, 1.54) is 19.3 Å². The van der Waals surface area contributed by atoms with Crippen molar-refractivity contribution in [1.82, 2.24) is 0 Å². The van der Waals surface area contributed by atoms with Crippen molar-refractivity contribution < 1.29 is 9.84 Å². The van der Waals surface area contributed by atoms with Gasteiger partial charge in [-0.05, 0) is 42.4 Å². The molecule has 1 fully saturated rings. The number of aliphatic hydroxyl groups excluding tert-OH is 1. The Labute approximate surface area is 104 Å². The molecule has 0 heterocycles. The van der Waals surface area contributed by atoms with Gasteiger partial charge >= 0.3 is 0 Å². The summed E-state index contributed by atoms with van der Waals surface area (Å²) in [5, 5.41) is 10.3. The first kappa shape index (κ1) is 12.4. The lowest BCUT2D eigenvalue weighted by Crippen LogP contribution is -2.24. The Bertz CT molecular complexity index is 362. The van der Waals surface area contributed by atoms with E-state index in [1.54, 1.807) is 7.11 Å². The van der Waals surface area contributed by atoms with E-state index in [0.29, 0.717) is 11.8 Å². The van der Waals surface area contributed by atoms with Crippen molar-refractivity contribution in [2.75, 3.05) is 7.11 Å². The Morgan fingerprint density at radius 1 is 1.41 bits per heavy atom. The number of hydrogen-bond acceptors (Lipinski definition) is 2. The van der Waals surface area contributed by atoms with Crippen molar-refractivity contribution in [3.8, 4) is 5.75 Å². The first-order chi connectivity index (χ1) is 8.20. The first-order valence-corrected chi connectivity index (χ1v) is 6.51. The SMILES string of the molecule is COc1cccc(CC(O)C2CCCC2C)c1. The molecule has 1 aromatic carbocycles. The van der Waals surface area contributed by atoms with Gasteiger partial charge in [0.05, 0.1) is 13.2 Å². The maximum absolute atomic E-state index is 10.3. The molecule has 0 aromatic heterocycles. The highest BCUT2D eigenvalue weighted by Gasteiger charge is 2.29. The average molecular weight is 234 g/mol. The summed E-state index contributed by atoms with van der Waals surface area (Å²) in [6, 6.07) is 8.00. The largest absolute Gasteiger partial charge is 0.497 e. The van der Waals surface area contributed by atoms with Crippen LogP contribution in [0.25, 0.3) is 0 Å². The smallest absolute Gasteiger partial charge is 0.119 e. The van der Waals surface area contributed by atoms with Gasteiger partial charge in [0.2, 0.25) is 0 Å². The Balaban J connectivity index is 1.99. The molecule has 1 aliphatic carbocycles. The summed E-state index contributed by atoms with van der Waals surface area (Å²) in [5.74, 6) is 2.01. The maximum atomic E-state index is 10.3. The van der Waals surface area contributed by atoms with Crippen molar-refractivity contribution in [3.63, 3.8) is 0 Å². The number of rotatable bonds is 4. The van der Waals surface area contributed by atoms with Crippen LogP contribution in [0.1, 0.15) is 31.7 Å². The molecule has 2 rings (SSSR count). The monoisotopic (exact) mass is 234 g/mol. The molecule has 0 radical (unpaired) electrons. The predicted octanol–water partition coefficient (Wildman–Crippen LogP) is 3.03. The van der Waals surface area contributed by atoms with Crippen LogP contribution in [0.3, 0.4) is 0 Å². The highest BCUT2D eigenvalue weighted by Crippen LogP contribution is 2.34. The van der Waals surface area contributed by atoms with Crippen molar-refractivity contribution >= 4 is 0 Å². The lowest BCUT2D eigenvalue weighted by Gasteiger charge is -2.22. The molecular weight excluding hydrogens is 212 g/mol. The topological polar surface area (TPSA) is 29.5 Å². The van der Waals surface area contributed by atoms with Gasteiger partial charge in [0.1, 0.15) is 5.75 Å². The number of hydrogen-bond donors (Lipinski definition) is 1. The molecular formula is C15H22O2. The normalized spacial score (nSPS) is 25.8. The van der Waals surface area contributed by atoms with E-state index >= 15 is 0 Å². The van der Waals surface area contributed by atoms with E-state index in [-0.39, 0.29) is 6.10 Å². The molecule has 1 saturated carbocycles. The highest BCUT2D eigenvalue weighted by atomic mass is 16.5. The van der Waals surface area contributed by atoms with Gasteiger partial charge < -0.3 is 9.84 Å². The Morgan fingerprint density at radius 3 is 2.88 bits per heavy atom. The molecule has 0 saturated heterocycles. The number of benzene rings is 1. The van der Waals surface area contributed by atoms with Gasteiger partial charge in [-0.15, -0.1) is 0 Å². The fourth-order valence-corrected chi connectivity index (χ4v) is 2.94. The van der Waals surface area contributed by atoms with Crippen LogP contribution in [0.15, 0.2) is 24.3 Å². The molecule has 0 amide bonds. The minimum absolute atomic E-state index is 0.209. The molecule has 1 aliphatic rings. The van der Waals surface area contributed by atoms with Crippen LogP contribution in [-0.4, -0.2) is 18.3 Å². The van der Waals surface area contributed by atoms with Crippen molar-refractivity contribution in [1.29, 1.82) is 0 Å². The van der Waals surface area contributed by atoms with Crippen LogP contribution in [0.4, 0.5) is 0 Å². The van der Waals surface area contributed by atoms with Crippen molar-refractivity contribution in [3.05, 3.63) is 29.8 Å². The van der Waals surface area contributed by atoms with Gasteiger partial charge in [-0.3, -0.25) is 0 Å². The molecule has 0 bridgehead atoms. The molecule has 17 heavy (non-hydrogen) atoms. The van der Waals surface area contributed by atoms with Gasteiger partial charge in [0.15, 0.2) is 0 Å². The van der Waals surface area contributed by atoms with E-state index in [9.17, 15) is 5.11 Å². The molecule has 2 nitrogen and oxygen atoms in total. The second-order valence-corrected chi connectivity index (χ2v) is 5.20. The van der Waals surface area contributed by atoms with Gasteiger partial charge in [-0.25, -0.2) is 0 Å². The zero-order chi connectivity index (χ0) is 12.3. The zero-order valence-corrected chi connectivity index (χ0v) is 10.7. The van der Waals surface area contributed by atoms with E-state index in [4.69, 9.17) is 4.74 Å². The number of methoxy groups -OCH3 is 1.